The van der Waals surface area contributed by atoms with E-state index in [0.717, 1.165) is 57.9 Å². The summed E-state index contributed by atoms with van der Waals surface area (Å²) in [5.74, 6) is -0.269. The molecule has 0 saturated carbocycles. The molecule has 162 valence electrons. The van der Waals surface area contributed by atoms with E-state index in [2.05, 4.69) is 20.9 Å². The van der Waals surface area contributed by atoms with Crippen molar-refractivity contribution >= 4 is 5.97 Å². The molecule has 0 radical (unpaired) electrons. The lowest BCUT2D eigenvalue weighted by molar-refractivity contribution is -0.152. The smallest absolute Gasteiger partial charge is 0.325 e. The Morgan fingerprint density at radius 2 is 1.62 bits per heavy atom. The van der Waals surface area contributed by atoms with E-state index < -0.39 is 12.1 Å². The van der Waals surface area contributed by atoms with Crippen LogP contribution in [0, 0.1) is 0 Å². The minimum atomic E-state index is -0.580. The highest BCUT2D eigenvalue weighted by Crippen LogP contribution is 2.24. The molecule has 0 aliphatic carbocycles. The van der Waals surface area contributed by atoms with Gasteiger partial charge in [0, 0.05) is 58.9 Å². The molecular weight excluding hydrogens is 370 g/mol. The molecule has 0 spiro atoms. The van der Waals surface area contributed by atoms with E-state index in [0.29, 0.717) is 6.54 Å². The van der Waals surface area contributed by atoms with Crippen LogP contribution in [0.1, 0.15) is 5.56 Å². The molecule has 8 nitrogen and oxygen atoms in total. The van der Waals surface area contributed by atoms with Crippen LogP contribution < -0.4 is 16.0 Å². The molecule has 29 heavy (non-hydrogen) atoms. The number of nitrogens with zero attached hydrogens (tertiary/aromatic N) is 2. The van der Waals surface area contributed by atoms with Crippen LogP contribution in [-0.2, 0) is 16.1 Å². The number of aliphatic hydroxyl groups excluding tert-OH is 1. The number of hydrogen-bond donors (Lipinski definition) is 4. The van der Waals surface area contributed by atoms with Gasteiger partial charge in [0.1, 0.15) is 12.6 Å². The lowest BCUT2D eigenvalue weighted by atomic mass is 10.0. The summed E-state index contributed by atoms with van der Waals surface area (Å²) in [7, 11) is 1.89. The zero-order valence-electron chi connectivity index (χ0n) is 17.3. The van der Waals surface area contributed by atoms with Crippen LogP contribution in [0.25, 0.3) is 0 Å². The summed E-state index contributed by atoms with van der Waals surface area (Å²) in [5.41, 5.74) is 0.965. The molecule has 3 rings (SSSR count). The third-order valence-electron chi connectivity index (χ3n) is 5.66. The number of β-amino-alcohol motifs (C(OH)–C–C–N with tert-alkyl or cyclic N) is 1. The highest BCUT2D eigenvalue weighted by atomic mass is 16.5. The Morgan fingerprint density at radius 1 is 1.03 bits per heavy atom. The Bertz CT molecular complexity index is 606. The van der Waals surface area contributed by atoms with Crippen molar-refractivity contribution in [1.82, 2.24) is 25.8 Å². The normalized spacial score (nSPS) is 28.4. The van der Waals surface area contributed by atoms with Crippen molar-refractivity contribution < 1.29 is 14.6 Å². The lowest BCUT2D eigenvalue weighted by Crippen LogP contribution is -2.55. The van der Waals surface area contributed by atoms with Crippen molar-refractivity contribution in [2.45, 2.75) is 24.8 Å². The van der Waals surface area contributed by atoms with Crippen molar-refractivity contribution in [2.24, 2.45) is 0 Å². The zero-order chi connectivity index (χ0) is 20.5. The van der Waals surface area contributed by atoms with Gasteiger partial charge in [-0.25, -0.2) is 0 Å². The average molecular weight is 406 g/mol. The summed E-state index contributed by atoms with van der Waals surface area (Å²) < 4.78 is 5.63. The Morgan fingerprint density at radius 3 is 2.24 bits per heavy atom. The number of ether oxygens (including phenoxy) is 1. The third-order valence-corrected chi connectivity index (χ3v) is 5.66. The molecule has 0 amide bonds. The summed E-state index contributed by atoms with van der Waals surface area (Å²) in [5, 5.41) is 21.0. The van der Waals surface area contributed by atoms with Crippen LogP contribution in [-0.4, -0.2) is 105 Å². The molecule has 0 aromatic heterocycles. The molecule has 1 aromatic carbocycles. The molecule has 0 unspecified atom stereocenters. The fourth-order valence-electron chi connectivity index (χ4n) is 4.15. The number of carbonyl (C=O) groups is 1. The Labute approximate surface area is 173 Å². The van der Waals surface area contributed by atoms with E-state index in [1.807, 2.05) is 42.3 Å². The average Bonchev–Trinajstić information content (AvgIpc) is 3.01. The van der Waals surface area contributed by atoms with Gasteiger partial charge < -0.3 is 25.8 Å². The van der Waals surface area contributed by atoms with Gasteiger partial charge in [0.2, 0.25) is 0 Å². The molecule has 0 bridgehead atoms. The Balaban J connectivity index is 1.65. The molecule has 2 aliphatic rings. The van der Waals surface area contributed by atoms with Gasteiger partial charge in [-0.3, -0.25) is 14.6 Å². The minimum Gasteiger partial charge on any atom is -0.460 e. The first-order chi connectivity index (χ1) is 14.2. The summed E-state index contributed by atoms with van der Waals surface area (Å²) in [4.78, 5) is 17.1. The summed E-state index contributed by atoms with van der Waals surface area (Å²) in [6, 6.07) is 8.96. The molecule has 2 fully saturated rings. The molecule has 3 atom stereocenters. The first-order valence-corrected chi connectivity index (χ1v) is 10.6. The number of carbonyl (C=O) groups excluding carboxylic acids is 1. The third kappa shape index (κ3) is 6.47. The van der Waals surface area contributed by atoms with Crippen LogP contribution in [0.5, 0.6) is 0 Å². The predicted octanol–water partition coefficient (Wildman–Crippen LogP) is -1.14. The number of esters is 1. The molecule has 2 heterocycles. The van der Waals surface area contributed by atoms with Crippen molar-refractivity contribution in [2.75, 3.05) is 66.0 Å². The van der Waals surface area contributed by atoms with E-state index in [4.69, 9.17) is 4.74 Å². The van der Waals surface area contributed by atoms with Gasteiger partial charge in [-0.1, -0.05) is 30.3 Å². The second-order valence-electron chi connectivity index (χ2n) is 7.82. The van der Waals surface area contributed by atoms with Crippen molar-refractivity contribution in [3.8, 4) is 0 Å². The first-order valence-electron chi connectivity index (χ1n) is 10.6. The minimum absolute atomic E-state index is 0.253. The Kier molecular flexibility index (Phi) is 8.85. The maximum Gasteiger partial charge on any atom is 0.325 e. The van der Waals surface area contributed by atoms with Crippen LogP contribution in [0.2, 0.25) is 0 Å². The highest BCUT2D eigenvalue weighted by Gasteiger charge is 2.47. The van der Waals surface area contributed by atoms with Crippen LogP contribution in [0.4, 0.5) is 0 Å². The maximum absolute atomic E-state index is 13.0. The van der Waals surface area contributed by atoms with Gasteiger partial charge in [0.25, 0.3) is 0 Å². The topological polar surface area (TPSA) is 89.1 Å². The Hall–Kier alpha value is -1.55. The van der Waals surface area contributed by atoms with E-state index >= 15 is 0 Å². The molecule has 2 aliphatic heterocycles. The lowest BCUT2D eigenvalue weighted by Gasteiger charge is -2.35. The van der Waals surface area contributed by atoms with E-state index in [9.17, 15) is 9.90 Å². The molecule has 1 aromatic rings. The second-order valence-corrected chi connectivity index (χ2v) is 7.82. The van der Waals surface area contributed by atoms with E-state index in [1.54, 1.807) is 0 Å². The molecule has 4 N–H and O–H groups in total. The summed E-state index contributed by atoms with van der Waals surface area (Å²) in [6.07, 6.45) is -0.580. The summed E-state index contributed by atoms with van der Waals surface area (Å²) in [6.45, 7) is 7.60. The molecule has 2 saturated heterocycles. The SMILES string of the molecule is CN1C[C@H](O)[C@@H](N2CCNCCNCCNCC2)[C@@H]1C(=O)OCc1ccccc1. The van der Waals surface area contributed by atoms with Gasteiger partial charge in [0.15, 0.2) is 0 Å². The first kappa shape index (κ1) is 22.1. The predicted molar refractivity (Wildman–Crippen MR) is 113 cm³/mol. The standard InChI is InChI=1S/C21H35N5O3/c1-25-15-18(27)19(20(25)21(28)29-16-17-5-3-2-4-6-17)26-13-11-23-9-7-22-8-10-24-12-14-26/h2-6,18-20,22-24,27H,7-16H2,1H3/t18-,19+,20+/m0/s1. The summed E-state index contributed by atoms with van der Waals surface area (Å²) >= 11 is 0. The number of hydrogen-bond acceptors (Lipinski definition) is 8. The van der Waals surface area contributed by atoms with Gasteiger partial charge >= 0.3 is 5.97 Å². The quantitative estimate of drug-likeness (QED) is 0.468. The van der Waals surface area contributed by atoms with Gasteiger partial charge in [-0.15, -0.1) is 0 Å². The fraction of sp³-hybridized carbons (Fsp3) is 0.667. The largest absolute Gasteiger partial charge is 0.460 e. The van der Waals surface area contributed by atoms with Crippen molar-refractivity contribution in [3.63, 3.8) is 0 Å². The number of likely N-dealkylation sites (tertiary alicyclic amines) is 1. The van der Waals surface area contributed by atoms with Crippen LogP contribution in [0.3, 0.4) is 0 Å². The van der Waals surface area contributed by atoms with Gasteiger partial charge in [-0.2, -0.15) is 0 Å². The monoisotopic (exact) mass is 405 g/mol. The zero-order valence-corrected chi connectivity index (χ0v) is 17.3. The number of aliphatic hydroxyl groups is 1. The number of likely N-dealkylation sites (N-methyl/N-ethyl adjacent to an activating group) is 1. The van der Waals surface area contributed by atoms with Crippen molar-refractivity contribution in [1.29, 1.82) is 0 Å². The molecular formula is C21H35N5O3. The maximum atomic E-state index is 13.0. The van der Waals surface area contributed by atoms with Crippen LogP contribution >= 0.6 is 0 Å². The second kappa shape index (κ2) is 11.6. The van der Waals surface area contributed by atoms with Gasteiger partial charge in [-0.05, 0) is 12.6 Å². The highest BCUT2D eigenvalue weighted by molar-refractivity contribution is 5.77. The number of benzene rings is 1. The van der Waals surface area contributed by atoms with Crippen molar-refractivity contribution in [3.05, 3.63) is 35.9 Å². The number of nitrogens with one attached hydrogen (secondary N) is 3. The molecule has 8 heteroatoms. The van der Waals surface area contributed by atoms with E-state index in [-0.39, 0.29) is 18.6 Å². The van der Waals surface area contributed by atoms with E-state index in [1.165, 1.54) is 0 Å². The fourth-order valence-corrected chi connectivity index (χ4v) is 4.15. The van der Waals surface area contributed by atoms with Crippen LogP contribution in [0.15, 0.2) is 30.3 Å². The van der Waals surface area contributed by atoms with Gasteiger partial charge in [0.05, 0.1) is 12.1 Å². The number of rotatable bonds is 4.